The molecule has 1 rings (SSSR count). The largest absolute Gasteiger partial charge is 0.294 e. The molecule has 1 aliphatic heterocycles. The molecule has 1 saturated heterocycles. The van der Waals surface area contributed by atoms with Crippen molar-refractivity contribution in [1.82, 2.24) is 9.80 Å². The number of hydrogen-bond acceptors (Lipinski definition) is 2. The molecule has 0 aliphatic carbocycles. The molecule has 1 fully saturated rings. The van der Waals surface area contributed by atoms with Gasteiger partial charge in [0.1, 0.15) is 0 Å². The third kappa shape index (κ3) is 3.55. The van der Waals surface area contributed by atoms with Gasteiger partial charge in [0.2, 0.25) is 0 Å². The summed E-state index contributed by atoms with van der Waals surface area (Å²) in [6, 6.07) is 0. The SMILES string of the molecule is CCN1CCCCCCN(C)C1. The van der Waals surface area contributed by atoms with Gasteiger partial charge < -0.3 is 0 Å². The summed E-state index contributed by atoms with van der Waals surface area (Å²) in [4.78, 5) is 4.97. The Balaban J connectivity index is 2.32. The fraction of sp³-hybridized carbons (Fsp3) is 1.00. The summed E-state index contributed by atoms with van der Waals surface area (Å²) < 4.78 is 0. The van der Waals surface area contributed by atoms with Crippen LogP contribution in [0.5, 0.6) is 0 Å². The van der Waals surface area contributed by atoms with Gasteiger partial charge in [-0.25, -0.2) is 0 Å². The molecule has 0 aromatic rings. The second kappa shape index (κ2) is 5.55. The average Bonchev–Trinajstić information content (AvgIpc) is 2.16. The van der Waals surface area contributed by atoms with E-state index in [4.69, 9.17) is 0 Å². The van der Waals surface area contributed by atoms with Gasteiger partial charge in [0.05, 0.1) is 6.67 Å². The van der Waals surface area contributed by atoms with Crippen LogP contribution < -0.4 is 0 Å². The number of hydrogen-bond donors (Lipinski definition) is 0. The van der Waals surface area contributed by atoms with Crippen LogP contribution in [0.25, 0.3) is 0 Å². The van der Waals surface area contributed by atoms with Crippen LogP contribution in [0, 0.1) is 0 Å². The molecule has 0 saturated carbocycles. The molecular formula is C10H22N2. The summed E-state index contributed by atoms with van der Waals surface area (Å²) in [5.41, 5.74) is 0. The maximum atomic E-state index is 2.53. The van der Waals surface area contributed by atoms with Crippen molar-refractivity contribution in [2.45, 2.75) is 32.6 Å². The van der Waals surface area contributed by atoms with Crippen molar-refractivity contribution in [3.8, 4) is 0 Å². The third-order valence-electron chi connectivity index (χ3n) is 2.65. The molecule has 0 aromatic carbocycles. The molecule has 1 aliphatic rings. The van der Waals surface area contributed by atoms with Crippen LogP contribution in [-0.4, -0.2) is 43.2 Å². The fourth-order valence-corrected chi connectivity index (χ4v) is 1.81. The van der Waals surface area contributed by atoms with E-state index < -0.39 is 0 Å². The van der Waals surface area contributed by atoms with Crippen LogP contribution in [-0.2, 0) is 0 Å². The van der Waals surface area contributed by atoms with Gasteiger partial charge in [-0.1, -0.05) is 19.8 Å². The van der Waals surface area contributed by atoms with Crippen molar-refractivity contribution >= 4 is 0 Å². The Bertz CT molecular complexity index is 114. The Hall–Kier alpha value is -0.0800. The maximum Gasteiger partial charge on any atom is 0.0503 e. The van der Waals surface area contributed by atoms with E-state index in [1.807, 2.05) is 0 Å². The summed E-state index contributed by atoms with van der Waals surface area (Å²) in [7, 11) is 2.23. The van der Waals surface area contributed by atoms with Crippen molar-refractivity contribution in [2.75, 3.05) is 33.4 Å². The van der Waals surface area contributed by atoms with Gasteiger partial charge >= 0.3 is 0 Å². The first-order valence-corrected chi connectivity index (χ1v) is 5.24. The highest BCUT2D eigenvalue weighted by Gasteiger charge is 2.07. The van der Waals surface area contributed by atoms with Crippen LogP contribution in [0.2, 0.25) is 0 Å². The Labute approximate surface area is 76.5 Å². The molecule has 0 spiro atoms. The van der Waals surface area contributed by atoms with Gasteiger partial charge in [-0.15, -0.1) is 0 Å². The lowest BCUT2D eigenvalue weighted by molar-refractivity contribution is 0.165. The molecular weight excluding hydrogens is 148 g/mol. The van der Waals surface area contributed by atoms with E-state index in [1.165, 1.54) is 45.3 Å². The zero-order chi connectivity index (χ0) is 8.81. The molecule has 0 aromatic heterocycles. The lowest BCUT2D eigenvalue weighted by atomic mass is 10.2. The summed E-state index contributed by atoms with van der Waals surface area (Å²) >= 11 is 0. The van der Waals surface area contributed by atoms with E-state index >= 15 is 0 Å². The molecule has 0 atom stereocenters. The summed E-state index contributed by atoms with van der Waals surface area (Å²) in [6.07, 6.45) is 5.61. The molecule has 2 nitrogen and oxygen atoms in total. The highest BCUT2D eigenvalue weighted by atomic mass is 15.3. The van der Waals surface area contributed by atoms with Crippen LogP contribution >= 0.6 is 0 Å². The first-order valence-electron chi connectivity index (χ1n) is 5.24. The van der Waals surface area contributed by atoms with Crippen molar-refractivity contribution in [2.24, 2.45) is 0 Å². The van der Waals surface area contributed by atoms with Crippen LogP contribution in [0.3, 0.4) is 0 Å². The molecule has 12 heavy (non-hydrogen) atoms. The zero-order valence-electron chi connectivity index (χ0n) is 8.55. The molecule has 0 radical (unpaired) electrons. The highest BCUT2D eigenvalue weighted by Crippen LogP contribution is 2.06. The van der Waals surface area contributed by atoms with Gasteiger partial charge in [-0.2, -0.15) is 0 Å². The average molecular weight is 170 g/mol. The smallest absolute Gasteiger partial charge is 0.0503 e. The first kappa shape index (κ1) is 10.0. The van der Waals surface area contributed by atoms with Gasteiger partial charge in [0.15, 0.2) is 0 Å². The van der Waals surface area contributed by atoms with Crippen LogP contribution in [0.1, 0.15) is 32.6 Å². The van der Waals surface area contributed by atoms with E-state index in [0.717, 1.165) is 6.67 Å². The van der Waals surface area contributed by atoms with Crippen molar-refractivity contribution in [3.05, 3.63) is 0 Å². The predicted octanol–water partition coefficient (Wildman–Crippen LogP) is 1.77. The van der Waals surface area contributed by atoms with E-state index in [1.54, 1.807) is 0 Å². The molecule has 0 amide bonds. The van der Waals surface area contributed by atoms with Gasteiger partial charge in [0, 0.05) is 0 Å². The molecule has 1 heterocycles. The molecule has 0 bridgehead atoms. The minimum absolute atomic E-state index is 1.16. The molecule has 2 heteroatoms. The molecule has 72 valence electrons. The zero-order valence-corrected chi connectivity index (χ0v) is 8.55. The minimum Gasteiger partial charge on any atom is -0.294 e. The summed E-state index contributed by atoms with van der Waals surface area (Å²) in [6.45, 7) is 7.18. The Kier molecular flexibility index (Phi) is 4.62. The predicted molar refractivity (Wildman–Crippen MR) is 53.2 cm³/mol. The van der Waals surface area contributed by atoms with Crippen molar-refractivity contribution < 1.29 is 0 Å². The molecule has 0 unspecified atom stereocenters. The quantitative estimate of drug-likeness (QED) is 0.592. The fourth-order valence-electron chi connectivity index (χ4n) is 1.81. The topological polar surface area (TPSA) is 6.48 Å². The van der Waals surface area contributed by atoms with E-state index in [0.29, 0.717) is 0 Å². The highest BCUT2D eigenvalue weighted by molar-refractivity contribution is 4.60. The number of nitrogens with zero attached hydrogens (tertiary/aromatic N) is 2. The second-order valence-corrected chi connectivity index (χ2v) is 3.85. The summed E-state index contributed by atoms with van der Waals surface area (Å²) in [5, 5.41) is 0. The third-order valence-corrected chi connectivity index (χ3v) is 2.65. The monoisotopic (exact) mass is 170 g/mol. The Morgan fingerprint density at radius 3 is 2.33 bits per heavy atom. The minimum atomic E-state index is 1.16. The van der Waals surface area contributed by atoms with E-state index in [2.05, 4.69) is 23.8 Å². The summed E-state index contributed by atoms with van der Waals surface area (Å²) in [5.74, 6) is 0. The first-order chi connectivity index (χ1) is 5.83. The Morgan fingerprint density at radius 2 is 1.67 bits per heavy atom. The van der Waals surface area contributed by atoms with Crippen LogP contribution in [0.15, 0.2) is 0 Å². The second-order valence-electron chi connectivity index (χ2n) is 3.85. The lowest BCUT2D eigenvalue weighted by Gasteiger charge is -2.25. The molecule has 0 N–H and O–H groups in total. The van der Waals surface area contributed by atoms with Crippen LogP contribution in [0.4, 0.5) is 0 Å². The van der Waals surface area contributed by atoms with Crippen molar-refractivity contribution in [1.29, 1.82) is 0 Å². The van der Waals surface area contributed by atoms with E-state index in [9.17, 15) is 0 Å². The normalized spacial score (nSPS) is 24.5. The number of rotatable bonds is 1. The van der Waals surface area contributed by atoms with E-state index in [-0.39, 0.29) is 0 Å². The van der Waals surface area contributed by atoms with Gasteiger partial charge in [-0.3, -0.25) is 9.80 Å². The standard InChI is InChI=1S/C10H22N2/c1-3-12-9-7-5-4-6-8-11(2)10-12/h3-10H2,1-2H3. The Morgan fingerprint density at radius 1 is 1.00 bits per heavy atom. The van der Waals surface area contributed by atoms with Gasteiger partial charge in [0.25, 0.3) is 0 Å². The lowest BCUT2D eigenvalue weighted by Crippen LogP contribution is -2.36. The maximum absolute atomic E-state index is 2.53. The van der Waals surface area contributed by atoms with Crippen molar-refractivity contribution in [3.63, 3.8) is 0 Å². The van der Waals surface area contributed by atoms with Gasteiger partial charge in [-0.05, 0) is 39.5 Å².